The topological polar surface area (TPSA) is 21.3 Å². The monoisotopic (exact) mass is 325 g/mol. The van der Waals surface area contributed by atoms with E-state index < -0.39 is 0 Å². The molecule has 0 saturated carbocycles. The Bertz CT molecular complexity index is 558. The Kier molecular flexibility index (Phi) is 7.58. The molecule has 0 radical (unpaired) electrons. The summed E-state index contributed by atoms with van der Waals surface area (Å²) in [7, 11) is 0. The Labute approximate surface area is 137 Å². The van der Waals surface area contributed by atoms with Crippen LogP contribution in [0.3, 0.4) is 0 Å². The molecule has 0 aliphatic rings. The van der Waals surface area contributed by atoms with E-state index in [0.29, 0.717) is 12.6 Å². The summed E-state index contributed by atoms with van der Waals surface area (Å²) < 4.78 is 5.91. The molecule has 0 bridgehead atoms. The van der Waals surface area contributed by atoms with Gasteiger partial charge in [-0.3, -0.25) is 0 Å². The summed E-state index contributed by atoms with van der Waals surface area (Å²) in [5.41, 5.74) is 2.16. The second-order valence-corrected chi connectivity index (χ2v) is 5.43. The summed E-state index contributed by atoms with van der Waals surface area (Å²) in [5, 5.41) is 4.15. The van der Waals surface area contributed by atoms with E-state index in [4.69, 9.17) is 16.3 Å². The van der Waals surface area contributed by atoms with Crippen molar-refractivity contribution in [3.05, 3.63) is 64.7 Å². The van der Waals surface area contributed by atoms with E-state index >= 15 is 0 Å². The number of benzene rings is 2. The van der Waals surface area contributed by atoms with Gasteiger partial charge in [-0.05, 0) is 12.1 Å². The Hall–Kier alpha value is -1.22. The molecule has 0 fully saturated rings. The summed E-state index contributed by atoms with van der Waals surface area (Å²) >= 11 is 6.14. The average Bonchev–Trinajstić information content (AvgIpc) is 2.45. The lowest BCUT2D eigenvalue weighted by Gasteiger charge is -2.14. The predicted octanol–water partition coefficient (Wildman–Crippen LogP) is 4.84. The molecule has 0 unspecified atom stereocenters. The van der Waals surface area contributed by atoms with Gasteiger partial charge >= 0.3 is 0 Å². The molecular weight excluding hydrogens is 305 g/mol. The van der Waals surface area contributed by atoms with Gasteiger partial charge in [-0.2, -0.15) is 0 Å². The van der Waals surface area contributed by atoms with Crippen LogP contribution in [0.5, 0.6) is 5.75 Å². The first-order valence-electron chi connectivity index (χ1n) is 6.84. The van der Waals surface area contributed by atoms with Gasteiger partial charge < -0.3 is 10.1 Å². The lowest BCUT2D eigenvalue weighted by atomic mass is 10.2. The van der Waals surface area contributed by atoms with Crippen LogP contribution in [-0.2, 0) is 13.2 Å². The molecule has 0 aliphatic heterocycles. The van der Waals surface area contributed by atoms with Crippen molar-refractivity contribution in [2.45, 2.75) is 33.0 Å². The van der Waals surface area contributed by atoms with Gasteiger partial charge in [-0.15, -0.1) is 12.4 Å². The SMILES string of the molecule is CC(C)NCc1ccccc1OCc1ccccc1Cl.Cl. The minimum absolute atomic E-state index is 0. The first-order chi connectivity index (χ1) is 9.66. The van der Waals surface area contributed by atoms with Crippen molar-refractivity contribution in [2.75, 3.05) is 0 Å². The van der Waals surface area contributed by atoms with Gasteiger partial charge in [0.2, 0.25) is 0 Å². The molecule has 2 aromatic rings. The maximum absolute atomic E-state index is 6.14. The van der Waals surface area contributed by atoms with Gasteiger partial charge in [0.15, 0.2) is 0 Å². The van der Waals surface area contributed by atoms with E-state index in [1.165, 1.54) is 0 Å². The number of para-hydroxylation sites is 1. The molecule has 0 aliphatic carbocycles. The second-order valence-electron chi connectivity index (χ2n) is 5.02. The molecule has 21 heavy (non-hydrogen) atoms. The number of halogens is 2. The minimum atomic E-state index is 0. The number of ether oxygens (including phenoxy) is 1. The van der Waals surface area contributed by atoms with E-state index in [9.17, 15) is 0 Å². The number of nitrogens with one attached hydrogen (secondary N) is 1. The van der Waals surface area contributed by atoms with E-state index in [1.54, 1.807) is 0 Å². The molecule has 2 nitrogen and oxygen atoms in total. The van der Waals surface area contributed by atoms with Gasteiger partial charge in [-0.1, -0.05) is 61.8 Å². The van der Waals surface area contributed by atoms with Gasteiger partial charge in [0.1, 0.15) is 12.4 Å². The van der Waals surface area contributed by atoms with Crippen molar-refractivity contribution in [2.24, 2.45) is 0 Å². The van der Waals surface area contributed by atoms with Gasteiger partial charge in [0, 0.05) is 28.7 Å². The second kappa shape index (κ2) is 8.93. The Balaban J connectivity index is 0.00000220. The van der Waals surface area contributed by atoms with Crippen molar-refractivity contribution in [3.63, 3.8) is 0 Å². The minimum Gasteiger partial charge on any atom is -0.489 e. The molecule has 0 aromatic heterocycles. The number of hydrogen-bond acceptors (Lipinski definition) is 2. The van der Waals surface area contributed by atoms with Crippen LogP contribution in [0, 0.1) is 0 Å². The molecule has 0 amide bonds. The summed E-state index contributed by atoms with van der Waals surface area (Å²) in [6, 6.07) is 16.3. The summed E-state index contributed by atoms with van der Waals surface area (Å²) in [4.78, 5) is 0. The zero-order valence-corrected chi connectivity index (χ0v) is 13.9. The van der Waals surface area contributed by atoms with Crippen molar-refractivity contribution < 1.29 is 4.74 Å². The lowest BCUT2D eigenvalue weighted by Crippen LogP contribution is -2.22. The van der Waals surface area contributed by atoms with Gasteiger partial charge in [-0.25, -0.2) is 0 Å². The maximum atomic E-state index is 6.14. The Morgan fingerprint density at radius 1 is 1.00 bits per heavy atom. The largest absolute Gasteiger partial charge is 0.489 e. The number of rotatable bonds is 6. The van der Waals surface area contributed by atoms with Gasteiger partial charge in [0.25, 0.3) is 0 Å². The van der Waals surface area contributed by atoms with E-state index in [2.05, 4.69) is 25.2 Å². The van der Waals surface area contributed by atoms with Crippen LogP contribution in [-0.4, -0.2) is 6.04 Å². The Morgan fingerprint density at radius 3 is 2.29 bits per heavy atom. The van der Waals surface area contributed by atoms with Crippen LogP contribution in [0.25, 0.3) is 0 Å². The van der Waals surface area contributed by atoms with Crippen LogP contribution in [0.1, 0.15) is 25.0 Å². The highest BCUT2D eigenvalue weighted by Gasteiger charge is 2.05. The maximum Gasteiger partial charge on any atom is 0.124 e. The lowest BCUT2D eigenvalue weighted by molar-refractivity contribution is 0.302. The summed E-state index contributed by atoms with van der Waals surface area (Å²) in [6.45, 7) is 5.55. The smallest absolute Gasteiger partial charge is 0.124 e. The zero-order valence-electron chi connectivity index (χ0n) is 12.3. The van der Waals surface area contributed by atoms with E-state index in [-0.39, 0.29) is 12.4 Å². The van der Waals surface area contributed by atoms with Crippen LogP contribution in [0.4, 0.5) is 0 Å². The molecule has 0 saturated heterocycles. The van der Waals surface area contributed by atoms with Crippen LogP contribution in [0.15, 0.2) is 48.5 Å². The normalized spacial score (nSPS) is 10.3. The highest BCUT2D eigenvalue weighted by atomic mass is 35.5. The first-order valence-corrected chi connectivity index (χ1v) is 7.22. The molecule has 114 valence electrons. The van der Waals surface area contributed by atoms with Crippen molar-refractivity contribution in [1.29, 1.82) is 0 Å². The van der Waals surface area contributed by atoms with Crippen LogP contribution >= 0.6 is 24.0 Å². The average molecular weight is 326 g/mol. The third-order valence-electron chi connectivity index (χ3n) is 3.01. The fourth-order valence-corrected chi connectivity index (χ4v) is 2.07. The third-order valence-corrected chi connectivity index (χ3v) is 3.38. The predicted molar refractivity (Wildman–Crippen MR) is 91.4 cm³/mol. The highest BCUT2D eigenvalue weighted by molar-refractivity contribution is 6.31. The molecule has 0 spiro atoms. The first kappa shape index (κ1) is 17.8. The Morgan fingerprint density at radius 2 is 1.62 bits per heavy atom. The van der Waals surface area contributed by atoms with E-state index in [1.807, 2.05) is 42.5 Å². The quantitative estimate of drug-likeness (QED) is 0.820. The standard InChI is InChI=1S/C17H20ClNO.ClH/c1-13(2)19-11-14-7-4-6-10-17(14)20-12-15-8-3-5-9-16(15)18;/h3-10,13,19H,11-12H2,1-2H3;1H. The van der Waals surface area contributed by atoms with Crippen LogP contribution in [0.2, 0.25) is 5.02 Å². The molecular formula is C17H21Cl2NO. The van der Waals surface area contributed by atoms with E-state index in [0.717, 1.165) is 28.4 Å². The highest BCUT2D eigenvalue weighted by Crippen LogP contribution is 2.21. The molecule has 0 heterocycles. The molecule has 4 heteroatoms. The fourth-order valence-electron chi connectivity index (χ4n) is 1.88. The zero-order chi connectivity index (χ0) is 14.4. The molecule has 2 aromatic carbocycles. The third kappa shape index (κ3) is 5.58. The molecule has 0 atom stereocenters. The van der Waals surface area contributed by atoms with Crippen molar-refractivity contribution in [3.8, 4) is 5.75 Å². The van der Waals surface area contributed by atoms with Crippen molar-refractivity contribution >= 4 is 24.0 Å². The fraction of sp³-hybridized carbons (Fsp3) is 0.294. The molecule has 2 rings (SSSR count). The summed E-state index contributed by atoms with van der Waals surface area (Å²) in [5.74, 6) is 0.903. The van der Waals surface area contributed by atoms with Crippen LogP contribution < -0.4 is 10.1 Å². The van der Waals surface area contributed by atoms with Crippen molar-refractivity contribution in [1.82, 2.24) is 5.32 Å². The summed E-state index contributed by atoms with van der Waals surface area (Å²) in [6.07, 6.45) is 0. The van der Waals surface area contributed by atoms with Gasteiger partial charge in [0.05, 0.1) is 0 Å². The number of hydrogen-bond donors (Lipinski definition) is 1. The molecule has 1 N–H and O–H groups in total.